The molecule has 1 fully saturated rings. The average molecular weight is 345 g/mol. The zero-order valence-corrected chi connectivity index (χ0v) is 13.0. The molecule has 3 rings (SSSR count). The molecule has 1 unspecified atom stereocenters. The lowest BCUT2D eigenvalue weighted by atomic mass is 10.2. The fourth-order valence-electron chi connectivity index (χ4n) is 2.32. The molecule has 1 N–H and O–H groups in total. The molecular weight excluding hydrogens is 331 g/mol. The van der Waals surface area contributed by atoms with Crippen LogP contribution in [0.3, 0.4) is 0 Å². The summed E-state index contributed by atoms with van der Waals surface area (Å²) in [6.07, 6.45) is 1.30. The van der Waals surface area contributed by atoms with Crippen molar-refractivity contribution in [3.63, 3.8) is 0 Å². The Morgan fingerprint density at radius 3 is 3.00 bits per heavy atom. The third-order valence-corrected chi connectivity index (χ3v) is 4.21. The van der Waals surface area contributed by atoms with Gasteiger partial charge in [0.15, 0.2) is 5.82 Å². The van der Waals surface area contributed by atoms with E-state index in [0.29, 0.717) is 12.4 Å². The summed E-state index contributed by atoms with van der Waals surface area (Å²) < 4.78 is 43.0. The summed E-state index contributed by atoms with van der Waals surface area (Å²) in [5, 5.41) is 6.94. The highest BCUT2D eigenvalue weighted by atomic mass is 32.2. The highest BCUT2D eigenvalue weighted by Crippen LogP contribution is 2.40. The fraction of sp³-hybridized carbons (Fsp3) is 0.462. The monoisotopic (exact) mass is 345 g/mol. The van der Waals surface area contributed by atoms with Crippen molar-refractivity contribution in [3.8, 4) is 11.5 Å². The summed E-state index contributed by atoms with van der Waals surface area (Å²) >= 11 is -0.294. The van der Waals surface area contributed by atoms with Gasteiger partial charge < -0.3 is 9.84 Å². The van der Waals surface area contributed by atoms with Crippen LogP contribution in [0.5, 0.6) is 0 Å². The van der Waals surface area contributed by atoms with E-state index in [1.165, 1.54) is 18.3 Å². The van der Waals surface area contributed by atoms with Crippen LogP contribution in [-0.2, 0) is 0 Å². The lowest BCUT2D eigenvalue weighted by molar-refractivity contribution is -0.0329. The summed E-state index contributed by atoms with van der Waals surface area (Å²) in [6, 6.07) is 2.95. The molecular formula is C13H14F3N5OS. The van der Waals surface area contributed by atoms with Gasteiger partial charge in [-0.05, 0) is 19.2 Å². The van der Waals surface area contributed by atoms with Gasteiger partial charge in [-0.25, -0.2) is 4.98 Å². The van der Waals surface area contributed by atoms with Crippen molar-refractivity contribution in [2.75, 3.05) is 26.7 Å². The van der Waals surface area contributed by atoms with Crippen LogP contribution in [0.2, 0.25) is 0 Å². The van der Waals surface area contributed by atoms with Gasteiger partial charge in [0.2, 0.25) is 0 Å². The Morgan fingerprint density at radius 1 is 1.43 bits per heavy atom. The molecule has 2 aromatic heterocycles. The van der Waals surface area contributed by atoms with Crippen LogP contribution < -0.4 is 5.32 Å². The maximum absolute atomic E-state index is 12.6. The van der Waals surface area contributed by atoms with E-state index in [4.69, 9.17) is 4.52 Å². The maximum Gasteiger partial charge on any atom is 0.447 e. The number of piperazine rings is 1. The van der Waals surface area contributed by atoms with E-state index in [1.54, 1.807) is 0 Å². The molecule has 10 heteroatoms. The number of hydrogen-bond donors (Lipinski definition) is 1. The minimum atomic E-state index is -4.43. The number of nitrogens with zero attached hydrogens (tertiary/aromatic N) is 4. The highest BCUT2D eigenvalue weighted by Gasteiger charge is 2.33. The van der Waals surface area contributed by atoms with E-state index in [2.05, 4.69) is 25.3 Å². The number of hydrogen-bond acceptors (Lipinski definition) is 7. The first-order chi connectivity index (χ1) is 10.9. The van der Waals surface area contributed by atoms with E-state index >= 15 is 0 Å². The van der Waals surface area contributed by atoms with Crippen LogP contribution >= 0.6 is 11.8 Å². The predicted molar refractivity (Wildman–Crippen MR) is 77.7 cm³/mol. The predicted octanol–water partition coefficient (Wildman–Crippen LogP) is 2.32. The molecule has 0 amide bonds. The minimum absolute atomic E-state index is 0.0406. The number of alkyl halides is 3. The highest BCUT2D eigenvalue weighted by molar-refractivity contribution is 8.00. The SMILES string of the molecule is CN1CCNCC1c1noc(-c2cccnc2SC(F)(F)F)n1. The van der Waals surface area contributed by atoms with Gasteiger partial charge in [0.25, 0.3) is 5.89 Å². The first-order valence-corrected chi connectivity index (χ1v) is 7.71. The molecule has 1 atom stereocenters. The molecule has 1 saturated heterocycles. The van der Waals surface area contributed by atoms with Crippen LogP contribution in [0.1, 0.15) is 11.9 Å². The summed E-state index contributed by atoms with van der Waals surface area (Å²) in [5.74, 6) is 0.486. The van der Waals surface area contributed by atoms with Crippen LogP contribution in [0.25, 0.3) is 11.5 Å². The molecule has 1 aliphatic heterocycles. The Hall–Kier alpha value is -1.65. The quantitative estimate of drug-likeness (QED) is 0.856. The molecule has 0 saturated carbocycles. The van der Waals surface area contributed by atoms with Gasteiger partial charge >= 0.3 is 5.51 Å². The standard InChI is InChI=1S/C13H14F3N5OS/c1-21-6-5-17-7-9(21)10-19-11(22-20-10)8-3-2-4-18-12(8)23-13(14,15)16/h2-4,9,17H,5-7H2,1H3. The molecule has 2 aromatic rings. The second-order valence-corrected chi connectivity index (χ2v) is 6.12. The summed E-state index contributed by atoms with van der Waals surface area (Å²) in [7, 11) is 1.94. The lowest BCUT2D eigenvalue weighted by Crippen LogP contribution is -2.44. The van der Waals surface area contributed by atoms with Gasteiger partial charge in [-0.15, -0.1) is 0 Å². The molecule has 1 aliphatic rings. The van der Waals surface area contributed by atoms with Gasteiger partial charge in [-0.2, -0.15) is 18.2 Å². The van der Waals surface area contributed by atoms with Crippen molar-refractivity contribution in [1.82, 2.24) is 25.3 Å². The molecule has 124 valence electrons. The molecule has 23 heavy (non-hydrogen) atoms. The van der Waals surface area contributed by atoms with Crippen LogP contribution in [0.15, 0.2) is 27.9 Å². The largest absolute Gasteiger partial charge is 0.447 e. The normalized spacial score (nSPS) is 19.9. The molecule has 6 nitrogen and oxygen atoms in total. The van der Waals surface area contributed by atoms with E-state index in [0.717, 1.165) is 13.1 Å². The molecule has 3 heterocycles. The molecule has 0 spiro atoms. The third kappa shape index (κ3) is 3.82. The first-order valence-electron chi connectivity index (χ1n) is 6.90. The Labute approximate surface area is 134 Å². The number of nitrogens with one attached hydrogen (secondary N) is 1. The fourth-order valence-corrected chi connectivity index (χ4v) is 2.92. The summed E-state index contributed by atoms with van der Waals surface area (Å²) in [5.41, 5.74) is -4.25. The van der Waals surface area contributed by atoms with E-state index < -0.39 is 5.51 Å². The van der Waals surface area contributed by atoms with Gasteiger partial charge in [0.1, 0.15) is 5.03 Å². The van der Waals surface area contributed by atoms with Crippen molar-refractivity contribution in [2.45, 2.75) is 16.6 Å². The number of likely N-dealkylation sites (N-methyl/N-ethyl adjacent to an activating group) is 1. The van der Waals surface area contributed by atoms with Gasteiger partial charge in [-0.1, -0.05) is 5.16 Å². The number of rotatable bonds is 3. The van der Waals surface area contributed by atoms with Crippen molar-refractivity contribution in [2.24, 2.45) is 0 Å². The van der Waals surface area contributed by atoms with Crippen LogP contribution in [0.4, 0.5) is 13.2 Å². The number of aromatic nitrogens is 3. The number of pyridine rings is 1. The van der Waals surface area contributed by atoms with Crippen molar-refractivity contribution in [3.05, 3.63) is 24.2 Å². The summed E-state index contributed by atoms with van der Waals surface area (Å²) in [6.45, 7) is 2.36. The Balaban J connectivity index is 1.88. The second-order valence-electron chi connectivity index (χ2n) is 5.06. The first kappa shape index (κ1) is 16.2. The zero-order valence-electron chi connectivity index (χ0n) is 12.2. The van der Waals surface area contributed by atoms with E-state index in [1.807, 2.05) is 7.05 Å². The topological polar surface area (TPSA) is 67.1 Å². The van der Waals surface area contributed by atoms with Gasteiger partial charge in [0, 0.05) is 37.6 Å². The van der Waals surface area contributed by atoms with Gasteiger partial charge in [-0.3, -0.25) is 4.90 Å². The smallest absolute Gasteiger partial charge is 0.334 e. The Bertz CT molecular complexity index is 678. The Kier molecular flexibility index (Phi) is 4.55. The lowest BCUT2D eigenvalue weighted by Gasteiger charge is -2.30. The number of halogens is 3. The maximum atomic E-state index is 12.6. The van der Waals surface area contributed by atoms with Crippen LogP contribution in [0, 0.1) is 0 Å². The summed E-state index contributed by atoms with van der Waals surface area (Å²) in [4.78, 5) is 10.1. The second kappa shape index (κ2) is 6.46. The average Bonchev–Trinajstić information content (AvgIpc) is 2.96. The van der Waals surface area contributed by atoms with Gasteiger partial charge in [0.05, 0.1) is 11.6 Å². The molecule has 0 radical (unpaired) electrons. The third-order valence-electron chi connectivity index (χ3n) is 3.46. The zero-order chi connectivity index (χ0) is 16.4. The molecule has 0 aliphatic carbocycles. The Morgan fingerprint density at radius 2 is 2.26 bits per heavy atom. The van der Waals surface area contributed by atoms with Crippen molar-refractivity contribution in [1.29, 1.82) is 0 Å². The van der Waals surface area contributed by atoms with E-state index in [-0.39, 0.29) is 34.3 Å². The van der Waals surface area contributed by atoms with Crippen molar-refractivity contribution >= 4 is 11.8 Å². The number of thioether (sulfide) groups is 1. The van der Waals surface area contributed by atoms with Crippen molar-refractivity contribution < 1.29 is 17.7 Å². The molecule has 0 aromatic carbocycles. The van der Waals surface area contributed by atoms with Crippen LogP contribution in [-0.4, -0.2) is 52.2 Å². The minimum Gasteiger partial charge on any atom is -0.334 e. The van der Waals surface area contributed by atoms with E-state index in [9.17, 15) is 13.2 Å². The molecule has 0 bridgehead atoms.